The summed E-state index contributed by atoms with van der Waals surface area (Å²) >= 11 is 0. The van der Waals surface area contributed by atoms with Gasteiger partial charge in [-0.25, -0.2) is 13.9 Å². The van der Waals surface area contributed by atoms with Gasteiger partial charge in [0.05, 0.1) is 17.5 Å². The van der Waals surface area contributed by atoms with Crippen LogP contribution in [-0.2, 0) is 5.92 Å². The molecule has 1 aliphatic rings. The summed E-state index contributed by atoms with van der Waals surface area (Å²) in [5.41, 5.74) is -0.954. The van der Waals surface area contributed by atoms with Crippen LogP contribution < -0.4 is 0 Å². The summed E-state index contributed by atoms with van der Waals surface area (Å²) in [4.78, 5) is 8.37. The van der Waals surface area contributed by atoms with E-state index < -0.39 is 22.8 Å². The molecular formula is C17H13F3N4. The zero-order valence-corrected chi connectivity index (χ0v) is 13.0. The number of hydrogen-bond donors (Lipinski definition) is 0. The van der Waals surface area contributed by atoms with Gasteiger partial charge in [-0.1, -0.05) is 12.1 Å². The van der Waals surface area contributed by atoms with Crippen molar-refractivity contribution in [2.75, 3.05) is 0 Å². The van der Waals surface area contributed by atoms with Crippen LogP contribution in [0.2, 0.25) is 0 Å². The molecule has 7 heteroatoms. The third kappa shape index (κ3) is 1.90. The molecule has 0 atom stereocenters. The van der Waals surface area contributed by atoms with E-state index in [0.717, 1.165) is 6.07 Å². The maximum Gasteiger partial charge on any atom is 0.300 e. The summed E-state index contributed by atoms with van der Waals surface area (Å²) in [6, 6.07) is 5.59. The van der Waals surface area contributed by atoms with E-state index in [1.54, 1.807) is 23.0 Å². The van der Waals surface area contributed by atoms with Crippen LogP contribution >= 0.6 is 0 Å². The van der Waals surface area contributed by atoms with Crippen molar-refractivity contribution in [1.82, 2.24) is 14.6 Å². The van der Waals surface area contributed by atoms with Gasteiger partial charge in [0.15, 0.2) is 5.65 Å². The third-order valence-electron chi connectivity index (χ3n) is 4.27. The molecule has 122 valence electrons. The number of imidazole rings is 1. The molecule has 3 aromatic rings. The lowest BCUT2D eigenvalue weighted by Crippen LogP contribution is -2.44. The number of benzene rings is 1. The second kappa shape index (κ2) is 4.66. The Kier molecular flexibility index (Phi) is 2.88. The normalized spacial score (nSPS) is 18.3. The minimum atomic E-state index is -3.41. The van der Waals surface area contributed by atoms with Crippen LogP contribution in [0.1, 0.15) is 30.5 Å². The minimum Gasteiger partial charge on any atom is -0.271 e. The second-order valence-electron chi connectivity index (χ2n) is 6.23. The van der Waals surface area contributed by atoms with Gasteiger partial charge in [0.25, 0.3) is 0 Å². The van der Waals surface area contributed by atoms with Gasteiger partial charge in [-0.05, 0) is 26.0 Å². The Morgan fingerprint density at radius 1 is 1.17 bits per heavy atom. The molecule has 4 rings (SSSR count). The largest absolute Gasteiger partial charge is 0.300 e. The molecule has 0 radical (unpaired) electrons. The SMILES string of the molecule is CC1(C)N=C(c2cnn3ccnc3c2)c2cccc(F)c2C1(F)F. The molecule has 24 heavy (non-hydrogen) atoms. The summed E-state index contributed by atoms with van der Waals surface area (Å²) in [6.45, 7) is 2.59. The quantitative estimate of drug-likeness (QED) is 0.684. The molecule has 3 heterocycles. The van der Waals surface area contributed by atoms with E-state index in [2.05, 4.69) is 15.1 Å². The maximum atomic E-state index is 14.7. The molecule has 4 nitrogen and oxygen atoms in total. The highest BCUT2D eigenvalue weighted by atomic mass is 19.3. The minimum absolute atomic E-state index is 0.0806. The van der Waals surface area contributed by atoms with E-state index in [0.29, 0.717) is 16.9 Å². The molecule has 0 N–H and O–H groups in total. The second-order valence-corrected chi connectivity index (χ2v) is 6.23. The fourth-order valence-corrected chi connectivity index (χ4v) is 2.92. The lowest BCUT2D eigenvalue weighted by Gasteiger charge is -2.37. The fraction of sp³-hybridized carbons (Fsp3) is 0.235. The van der Waals surface area contributed by atoms with Gasteiger partial charge < -0.3 is 0 Å². The Balaban J connectivity index is 2.01. The number of aromatic nitrogens is 3. The van der Waals surface area contributed by atoms with E-state index in [-0.39, 0.29) is 5.56 Å². The summed E-state index contributed by atoms with van der Waals surface area (Å²) in [5.74, 6) is -4.35. The van der Waals surface area contributed by atoms with Crippen LogP contribution in [0.15, 0.2) is 47.8 Å². The average molecular weight is 330 g/mol. The topological polar surface area (TPSA) is 42.5 Å². The Labute approximate surface area is 135 Å². The molecule has 1 aliphatic heterocycles. The average Bonchev–Trinajstić information content (AvgIpc) is 2.98. The Bertz CT molecular complexity index is 988. The zero-order chi connectivity index (χ0) is 17.1. The number of fused-ring (bicyclic) bond motifs is 2. The van der Waals surface area contributed by atoms with E-state index in [9.17, 15) is 13.2 Å². The molecular weight excluding hydrogens is 317 g/mol. The first-order chi connectivity index (χ1) is 11.3. The standard InChI is InChI=1S/C17H13F3N4/c1-16(2)17(19,20)14-11(4-3-5-12(14)18)15(23-16)10-8-13-21-6-7-24(13)22-9-10/h3-9H,1-2H3. The molecule has 0 saturated carbocycles. The monoisotopic (exact) mass is 330 g/mol. The van der Waals surface area contributed by atoms with E-state index >= 15 is 0 Å². The van der Waals surface area contributed by atoms with Crippen LogP contribution in [0.5, 0.6) is 0 Å². The zero-order valence-electron chi connectivity index (χ0n) is 13.0. The van der Waals surface area contributed by atoms with Crippen molar-refractivity contribution >= 4 is 11.4 Å². The first-order valence-corrected chi connectivity index (χ1v) is 7.38. The van der Waals surface area contributed by atoms with Gasteiger partial charge in [0.1, 0.15) is 11.4 Å². The number of nitrogens with zero attached hydrogens (tertiary/aromatic N) is 4. The highest BCUT2D eigenvalue weighted by Gasteiger charge is 2.54. The number of halogens is 3. The summed E-state index contributed by atoms with van der Waals surface area (Å²) < 4.78 is 45.3. The summed E-state index contributed by atoms with van der Waals surface area (Å²) in [7, 11) is 0. The predicted octanol–water partition coefficient (Wildman–Crippen LogP) is 3.59. The molecule has 1 aromatic carbocycles. The number of hydrogen-bond acceptors (Lipinski definition) is 3. The van der Waals surface area contributed by atoms with Crippen molar-refractivity contribution in [2.24, 2.45) is 4.99 Å². The Morgan fingerprint density at radius 2 is 1.96 bits per heavy atom. The molecule has 0 bridgehead atoms. The highest BCUT2D eigenvalue weighted by Crippen LogP contribution is 2.47. The Morgan fingerprint density at radius 3 is 2.75 bits per heavy atom. The van der Waals surface area contributed by atoms with Crippen molar-refractivity contribution in [3.8, 4) is 0 Å². The van der Waals surface area contributed by atoms with E-state index in [1.807, 2.05) is 0 Å². The van der Waals surface area contributed by atoms with E-state index in [1.165, 1.54) is 32.2 Å². The van der Waals surface area contributed by atoms with Crippen molar-refractivity contribution in [3.63, 3.8) is 0 Å². The molecule has 2 aromatic heterocycles. The molecule has 0 amide bonds. The van der Waals surface area contributed by atoms with Crippen LogP contribution in [0, 0.1) is 5.82 Å². The lowest BCUT2D eigenvalue weighted by molar-refractivity contribution is -0.0710. The molecule has 0 saturated heterocycles. The van der Waals surface area contributed by atoms with Crippen LogP contribution in [-0.4, -0.2) is 25.8 Å². The summed E-state index contributed by atoms with van der Waals surface area (Å²) in [5, 5.41) is 4.19. The van der Waals surface area contributed by atoms with Crippen molar-refractivity contribution < 1.29 is 13.2 Å². The maximum absolute atomic E-state index is 14.7. The van der Waals surface area contributed by atoms with Gasteiger partial charge >= 0.3 is 5.92 Å². The van der Waals surface area contributed by atoms with Gasteiger partial charge in [-0.15, -0.1) is 0 Å². The van der Waals surface area contributed by atoms with Crippen LogP contribution in [0.25, 0.3) is 5.65 Å². The van der Waals surface area contributed by atoms with Crippen LogP contribution in [0.4, 0.5) is 13.2 Å². The smallest absolute Gasteiger partial charge is 0.271 e. The lowest BCUT2D eigenvalue weighted by atomic mass is 9.81. The highest BCUT2D eigenvalue weighted by molar-refractivity contribution is 6.15. The molecule has 0 aliphatic carbocycles. The van der Waals surface area contributed by atoms with Crippen LogP contribution in [0.3, 0.4) is 0 Å². The number of alkyl halides is 2. The molecule has 0 fully saturated rings. The van der Waals surface area contributed by atoms with Crippen molar-refractivity contribution in [2.45, 2.75) is 25.3 Å². The number of aliphatic imine (C=N–C) groups is 1. The van der Waals surface area contributed by atoms with Gasteiger partial charge in [0, 0.05) is 23.5 Å². The predicted molar refractivity (Wildman–Crippen MR) is 83.0 cm³/mol. The third-order valence-corrected chi connectivity index (χ3v) is 4.27. The van der Waals surface area contributed by atoms with Gasteiger partial charge in [-0.2, -0.15) is 13.9 Å². The summed E-state index contributed by atoms with van der Waals surface area (Å²) in [6.07, 6.45) is 4.77. The van der Waals surface area contributed by atoms with Crippen molar-refractivity contribution in [1.29, 1.82) is 0 Å². The van der Waals surface area contributed by atoms with Gasteiger partial charge in [-0.3, -0.25) is 4.99 Å². The first-order valence-electron chi connectivity index (χ1n) is 7.38. The first kappa shape index (κ1) is 14.9. The Hall–Kier alpha value is -2.70. The van der Waals surface area contributed by atoms with Crippen molar-refractivity contribution in [3.05, 3.63) is 65.4 Å². The van der Waals surface area contributed by atoms with Gasteiger partial charge in [0.2, 0.25) is 0 Å². The number of rotatable bonds is 1. The van der Waals surface area contributed by atoms with E-state index in [4.69, 9.17) is 0 Å². The molecule has 0 spiro atoms. The molecule has 0 unspecified atom stereocenters. The fourth-order valence-electron chi connectivity index (χ4n) is 2.92.